The van der Waals surface area contributed by atoms with Gasteiger partial charge in [0.25, 0.3) is 0 Å². The van der Waals surface area contributed by atoms with Crippen LogP contribution >= 0.6 is 0 Å². The zero-order chi connectivity index (χ0) is 13.9. The van der Waals surface area contributed by atoms with E-state index in [2.05, 4.69) is 0 Å². The molecule has 0 fully saturated rings. The maximum absolute atomic E-state index is 11.8. The van der Waals surface area contributed by atoms with Crippen molar-refractivity contribution in [3.05, 3.63) is 48.0 Å². The summed E-state index contributed by atoms with van der Waals surface area (Å²) in [5, 5.41) is 11.1. The molecule has 0 heterocycles. The fourth-order valence-corrected chi connectivity index (χ4v) is 1.79. The summed E-state index contributed by atoms with van der Waals surface area (Å²) in [5.74, 6) is -0.497. The van der Waals surface area contributed by atoms with Crippen LogP contribution in [0.3, 0.4) is 0 Å². The Labute approximate surface area is 112 Å². The zero-order valence-electron chi connectivity index (χ0n) is 11.0. The summed E-state index contributed by atoms with van der Waals surface area (Å²) < 4.78 is 5.23. The average molecular weight is 253 g/mol. The van der Waals surface area contributed by atoms with Gasteiger partial charge in [-0.15, -0.1) is 0 Å². The maximum atomic E-state index is 11.8. The molecule has 0 aliphatic heterocycles. The van der Waals surface area contributed by atoms with E-state index in [9.17, 15) is 4.79 Å². The lowest BCUT2D eigenvalue weighted by atomic mass is 9.96. The number of carbonyl (C=O) groups is 1. The molecule has 2 aromatic rings. The Balaban J connectivity index is 2.20. The van der Waals surface area contributed by atoms with Crippen molar-refractivity contribution >= 4 is 16.7 Å². The number of hydrogen-bond acceptors (Lipinski definition) is 3. The van der Waals surface area contributed by atoms with Crippen LogP contribution in [0.15, 0.2) is 42.5 Å². The van der Waals surface area contributed by atoms with Gasteiger partial charge in [0.15, 0.2) is 0 Å². The number of benzene rings is 2. The number of hydrogen-bond donors (Lipinski definition) is 0. The molecule has 0 saturated heterocycles. The average Bonchev–Trinajstić information content (AvgIpc) is 2.44. The fourth-order valence-electron chi connectivity index (χ4n) is 1.79. The van der Waals surface area contributed by atoms with Gasteiger partial charge in [-0.25, -0.2) is 0 Å². The van der Waals surface area contributed by atoms with Crippen LogP contribution in [0, 0.1) is 16.7 Å². The van der Waals surface area contributed by atoms with Crippen molar-refractivity contribution in [1.82, 2.24) is 0 Å². The second-order valence-corrected chi connectivity index (χ2v) is 4.95. The number of esters is 1. The highest BCUT2D eigenvalue weighted by Gasteiger charge is 2.29. The van der Waals surface area contributed by atoms with Gasteiger partial charge in [-0.2, -0.15) is 5.26 Å². The highest BCUT2D eigenvalue weighted by molar-refractivity contribution is 5.86. The summed E-state index contributed by atoms with van der Waals surface area (Å²) in [6.45, 7) is 3.29. The molecular formula is C16H15NO2. The molecule has 2 aromatic carbocycles. The summed E-state index contributed by atoms with van der Waals surface area (Å²) >= 11 is 0. The van der Waals surface area contributed by atoms with E-state index in [-0.39, 0.29) is 6.61 Å². The predicted octanol–water partition coefficient (Wildman–Crippen LogP) is 3.43. The van der Waals surface area contributed by atoms with Crippen molar-refractivity contribution in [2.24, 2.45) is 5.41 Å². The van der Waals surface area contributed by atoms with Crippen LogP contribution in [-0.2, 0) is 16.1 Å². The van der Waals surface area contributed by atoms with Gasteiger partial charge in [0.05, 0.1) is 6.07 Å². The lowest BCUT2D eigenvalue weighted by molar-refractivity contribution is -0.152. The third-order valence-corrected chi connectivity index (χ3v) is 3.03. The first kappa shape index (κ1) is 13.1. The molecule has 0 amide bonds. The Morgan fingerprint density at radius 1 is 1.21 bits per heavy atom. The quantitative estimate of drug-likeness (QED) is 0.787. The molecule has 19 heavy (non-hydrogen) atoms. The van der Waals surface area contributed by atoms with E-state index in [1.54, 1.807) is 13.8 Å². The molecule has 0 bridgehead atoms. The van der Waals surface area contributed by atoms with Crippen molar-refractivity contribution in [3.8, 4) is 6.07 Å². The van der Waals surface area contributed by atoms with E-state index < -0.39 is 11.4 Å². The van der Waals surface area contributed by atoms with E-state index in [0.717, 1.165) is 16.3 Å². The van der Waals surface area contributed by atoms with Crippen LogP contribution < -0.4 is 0 Å². The highest BCUT2D eigenvalue weighted by Crippen LogP contribution is 2.21. The second kappa shape index (κ2) is 5.11. The lowest BCUT2D eigenvalue weighted by Crippen LogP contribution is -2.24. The summed E-state index contributed by atoms with van der Waals surface area (Å²) in [4.78, 5) is 11.8. The SMILES string of the molecule is CC(C)(C#N)C(=O)OCc1cccc2ccccc12. The Hall–Kier alpha value is -2.34. The van der Waals surface area contributed by atoms with E-state index in [1.165, 1.54) is 0 Å². The minimum Gasteiger partial charge on any atom is -0.460 e. The van der Waals surface area contributed by atoms with Crippen LogP contribution in [0.4, 0.5) is 0 Å². The summed E-state index contributed by atoms with van der Waals surface area (Å²) in [6, 6.07) is 15.7. The van der Waals surface area contributed by atoms with Crippen LogP contribution in [0.25, 0.3) is 10.8 Å². The van der Waals surface area contributed by atoms with E-state index in [4.69, 9.17) is 10.00 Å². The third kappa shape index (κ3) is 2.74. The predicted molar refractivity (Wildman–Crippen MR) is 73.1 cm³/mol. The first-order chi connectivity index (χ1) is 9.04. The van der Waals surface area contributed by atoms with Crippen molar-refractivity contribution in [2.45, 2.75) is 20.5 Å². The van der Waals surface area contributed by atoms with E-state index >= 15 is 0 Å². The Morgan fingerprint density at radius 3 is 2.63 bits per heavy atom. The molecule has 3 nitrogen and oxygen atoms in total. The molecular weight excluding hydrogens is 238 g/mol. The normalized spacial score (nSPS) is 11.0. The molecule has 0 aliphatic carbocycles. The number of nitrogens with zero attached hydrogens (tertiary/aromatic N) is 1. The molecule has 0 atom stereocenters. The van der Waals surface area contributed by atoms with Gasteiger partial charge in [-0.3, -0.25) is 4.79 Å². The monoisotopic (exact) mass is 253 g/mol. The third-order valence-electron chi connectivity index (χ3n) is 3.03. The molecule has 2 rings (SSSR count). The molecule has 0 radical (unpaired) electrons. The van der Waals surface area contributed by atoms with Crippen LogP contribution in [0.2, 0.25) is 0 Å². The van der Waals surface area contributed by atoms with Gasteiger partial charge >= 0.3 is 5.97 Å². The summed E-state index contributed by atoms with van der Waals surface area (Å²) in [5.41, 5.74) is -0.162. The standard InChI is InChI=1S/C16H15NO2/c1-16(2,11-17)15(18)19-10-13-8-5-7-12-6-3-4-9-14(12)13/h3-9H,10H2,1-2H3. The number of nitriles is 1. The fraction of sp³-hybridized carbons (Fsp3) is 0.250. The Morgan fingerprint density at radius 2 is 1.89 bits per heavy atom. The van der Waals surface area contributed by atoms with Crippen molar-refractivity contribution in [1.29, 1.82) is 5.26 Å². The van der Waals surface area contributed by atoms with Crippen LogP contribution in [-0.4, -0.2) is 5.97 Å². The molecule has 0 N–H and O–H groups in total. The van der Waals surface area contributed by atoms with Crippen molar-refractivity contribution < 1.29 is 9.53 Å². The second-order valence-electron chi connectivity index (χ2n) is 4.95. The minimum absolute atomic E-state index is 0.186. The van der Waals surface area contributed by atoms with Crippen LogP contribution in [0.5, 0.6) is 0 Å². The van der Waals surface area contributed by atoms with Gasteiger partial charge in [-0.1, -0.05) is 42.5 Å². The van der Waals surface area contributed by atoms with Crippen molar-refractivity contribution in [2.75, 3.05) is 0 Å². The molecule has 0 aliphatic rings. The first-order valence-corrected chi connectivity index (χ1v) is 6.10. The topological polar surface area (TPSA) is 50.1 Å². The Bertz CT molecular complexity index is 648. The molecule has 0 unspecified atom stereocenters. The highest BCUT2D eigenvalue weighted by atomic mass is 16.5. The van der Waals surface area contributed by atoms with E-state index in [1.807, 2.05) is 48.5 Å². The van der Waals surface area contributed by atoms with Crippen molar-refractivity contribution in [3.63, 3.8) is 0 Å². The molecule has 0 saturated carbocycles. The largest absolute Gasteiger partial charge is 0.460 e. The lowest BCUT2D eigenvalue weighted by Gasteiger charge is -2.14. The van der Waals surface area contributed by atoms with Gasteiger partial charge < -0.3 is 4.74 Å². The van der Waals surface area contributed by atoms with Gasteiger partial charge in [0.2, 0.25) is 0 Å². The number of rotatable bonds is 3. The first-order valence-electron chi connectivity index (χ1n) is 6.10. The number of carbonyl (C=O) groups excluding carboxylic acids is 1. The van der Waals surface area contributed by atoms with Gasteiger partial charge in [0.1, 0.15) is 12.0 Å². The van der Waals surface area contributed by atoms with E-state index in [0.29, 0.717) is 0 Å². The maximum Gasteiger partial charge on any atom is 0.326 e. The van der Waals surface area contributed by atoms with Gasteiger partial charge in [0, 0.05) is 0 Å². The zero-order valence-corrected chi connectivity index (χ0v) is 11.0. The Kier molecular flexibility index (Phi) is 3.52. The molecule has 96 valence electrons. The number of ether oxygens (including phenoxy) is 1. The smallest absolute Gasteiger partial charge is 0.326 e. The molecule has 0 aromatic heterocycles. The van der Waals surface area contributed by atoms with Gasteiger partial charge in [-0.05, 0) is 30.2 Å². The summed E-state index contributed by atoms with van der Waals surface area (Å²) in [7, 11) is 0. The molecule has 0 spiro atoms. The molecule has 3 heteroatoms. The minimum atomic E-state index is -1.11. The number of fused-ring (bicyclic) bond motifs is 1. The van der Waals surface area contributed by atoms with Crippen LogP contribution in [0.1, 0.15) is 19.4 Å². The summed E-state index contributed by atoms with van der Waals surface area (Å²) in [6.07, 6.45) is 0.